The zero-order chi connectivity index (χ0) is 29.3. The quantitative estimate of drug-likeness (QED) is 0.373. The molecule has 2 heterocycles. The van der Waals surface area contributed by atoms with Crippen molar-refractivity contribution >= 4 is 11.9 Å². The van der Waals surface area contributed by atoms with E-state index in [-0.39, 0.29) is 40.7 Å². The summed E-state index contributed by atoms with van der Waals surface area (Å²) in [5, 5.41) is 21.2. The van der Waals surface area contributed by atoms with Crippen LogP contribution in [0.1, 0.15) is 85.5 Å². The highest BCUT2D eigenvalue weighted by molar-refractivity contribution is 5.85. The fraction of sp³-hybridized carbons (Fsp3) is 0.875. The Morgan fingerprint density at radius 3 is 2.49 bits per heavy atom. The van der Waals surface area contributed by atoms with Gasteiger partial charge in [0.25, 0.3) is 0 Å². The van der Waals surface area contributed by atoms with Crippen LogP contribution in [0.15, 0.2) is 11.6 Å². The van der Waals surface area contributed by atoms with Crippen molar-refractivity contribution in [2.75, 3.05) is 13.7 Å². The van der Waals surface area contributed by atoms with E-state index in [0.717, 1.165) is 63.4 Å². The largest absolute Gasteiger partial charge is 0.458 e. The van der Waals surface area contributed by atoms with Gasteiger partial charge in [-0.25, -0.2) is 4.79 Å². The van der Waals surface area contributed by atoms with Gasteiger partial charge in [0.05, 0.1) is 12.2 Å². The lowest BCUT2D eigenvalue weighted by atomic mass is 9.43. The number of aliphatic hydroxyl groups excluding tert-OH is 2. The molecule has 0 amide bonds. The number of carbonyl (C=O) groups excluding carboxylic acids is 2. The summed E-state index contributed by atoms with van der Waals surface area (Å²) in [6, 6.07) is 0. The predicted molar refractivity (Wildman–Crippen MR) is 147 cm³/mol. The average Bonchev–Trinajstić information content (AvgIpc) is 3.47. The highest BCUT2D eigenvalue weighted by atomic mass is 16.7. The third-order valence-electron chi connectivity index (χ3n) is 12.6. The molecule has 5 fully saturated rings. The number of ether oxygens (including phenoxy) is 5. The Morgan fingerprint density at radius 2 is 1.80 bits per heavy atom. The van der Waals surface area contributed by atoms with Crippen molar-refractivity contribution in [1.29, 1.82) is 0 Å². The number of esters is 2. The lowest BCUT2D eigenvalue weighted by Crippen LogP contribution is -2.64. The van der Waals surface area contributed by atoms with Gasteiger partial charge in [-0.05, 0) is 93.5 Å². The van der Waals surface area contributed by atoms with Gasteiger partial charge in [-0.2, -0.15) is 0 Å². The van der Waals surface area contributed by atoms with E-state index >= 15 is 0 Å². The normalized spacial score (nSPS) is 51.2. The Bertz CT molecular complexity index is 1080. The predicted octanol–water partition coefficient (Wildman–Crippen LogP) is 3.68. The molecule has 0 aromatic heterocycles. The van der Waals surface area contributed by atoms with Gasteiger partial charge in [0.2, 0.25) is 0 Å². The van der Waals surface area contributed by atoms with Gasteiger partial charge in [0.1, 0.15) is 30.5 Å². The van der Waals surface area contributed by atoms with Gasteiger partial charge in [0.15, 0.2) is 6.29 Å². The summed E-state index contributed by atoms with van der Waals surface area (Å²) in [6.45, 7) is 8.41. The minimum atomic E-state index is -1.05. The van der Waals surface area contributed by atoms with Gasteiger partial charge in [-0.15, -0.1) is 0 Å². The highest BCUT2D eigenvalue weighted by Gasteiger charge is 2.70. The topological polar surface area (TPSA) is 121 Å². The molecule has 9 heteroatoms. The van der Waals surface area contributed by atoms with Crippen LogP contribution in [0, 0.1) is 34.5 Å². The SMILES string of the molecule is CO[C@H]1[C@H](O)[C@H](O[C@H]2CC[C@@]3(C)[C@H](CC[C@@H]4[C@@H]3CC[C@]3(C)[C@@H](C5=CC(=O)OC5)CC[C@]43OC(C)=O)C2)O[C@@H](C)[C@@H]1O. The minimum absolute atomic E-state index is 0.0387. The number of fused-ring (bicyclic) bond motifs is 5. The van der Waals surface area contributed by atoms with Crippen molar-refractivity contribution in [2.24, 2.45) is 34.5 Å². The van der Waals surface area contributed by atoms with Crippen LogP contribution < -0.4 is 0 Å². The third kappa shape index (κ3) is 4.52. The highest BCUT2D eigenvalue weighted by Crippen LogP contribution is 2.71. The average molecular weight is 577 g/mol. The summed E-state index contributed by atoms with van der Waals surface area (Å²) < 4.78 is 29.4. The van der Waals surface area contributed by atoms with Crippen LogP contribution in [-0.4, -0.2) is 78.3 Å². The van der Waals surface area contributed by atoms with Gasteiger partial charge >= 0.3 is 11.9 Å². The Kier molecular flexibility index (Phi) is 7.62. The summed E-state index contributed by atoms with van der Waals surface area (Å²) in [5.41, 5.74) is 0.404. The molecule has 0 aromatic carbocycles. The van der Waals surface area contributed by atoms with Gasteiger partial charge in [0, 0.05) is 31.4 Å². The van der Waals surface area contributed by atoms with E-state index in [1.165, 1.54) is 7.11 Å². The van der Waals surface area contributed by atoms with E-state index in [4.69, 9.17) is 23.7 Å². The minimum Gasteiger partial charge on any atom is -0.458 e. The van der Waals surface area contributed by atoms with Gasteiger partial charge in [-0.3, -0.25) is 4.79 Å². The summed E-state index contributed by atoms with van der Waals surface area (Å²) in [6.07, 6.45) is 6.18. The first kappa shape index (κ1) is 29.5. The zero-order valence-corrected chi connectivity index (χ0v) is 25.2. The molecule has 41 heavy (non-hydrogen) atoms. The molecule has 13 atom stereocenters. The van der Waals surface area contributed by atoms with Crippen molar-refractivity contribution in [3.63, 3.8) is 0 Å². The first-order chi connectivity index (χ1) is 19.4. The molecule has 4 saturated carbocycles. The van der Waals surface area contributed by atoms with E-state index < -0.39 is 36.3 Å². The van der Waals surface area contributed by atoms with E-state index in [9.17, 15) is 19.8 Å². The van der Waals surface area contributed by atoms with Crippen LogP contribution >= 0.6 is 0 Å². The molecule has 9 nitrogen and oxygen atoms in total. The molecule has 0 radical (unpaired) electrons. The maximum Gasteiger partial charge on any atom is 0.331 e. The Morgan fingerprint density at radius 1 is 1.02 bits per heavy atom. The summed E-state index contributed by atoms with van der Waals surface area (Å²) >= 11 is 0. The second-order valence-electron chi connectivity index (χ2n) is 14.3. The first-order valence-electron chi connectivity index (χ1n) is 15.7. The smallest absolute Gasteiger partial charge is 0.331 e. The van der Waals surface area contributed by atoms with Crippen LogP contribution in [0.5, 0.6) is 0 Å². The van der Waals surface area contributed by atoms with Crippen LogP contribution in [0.3, 0.4) is 0 Å². The van der Waals surface area contributed by atoms with Gasteiger partial charge < -0.3 is 33.9 Å². The van der Waals surface area contributed by atoms with E-state index in [1.54, 1.807) is 19.9 Å². The monoisotopic (exact) mass is 576 g/mol. The molecule has 0 bridgehead atoms. The fourth-order valence-corrected chi connectivity index (χ4v) is 10.5. The molecule has 2 aliphatic heterocycles. The van der Waals surface area contributed by atoms with E-state index in [0.29, 0.717) is 18.4 Å². The van der Waals surface area contributed by atoms with Crippen molar-refractivity contribution in [2.45, 2.75) is 128 Å². The molecule has 0 spiro atoms. The van der Waals surface area contributed by atoms with Crippen molar-refractivity contribution in [3.8, 4) is 0 Å². The molecule has 1 saturated heterocycles. The molecule has 230 valence electrons. The van der Waals surface area contributed by atoms with Crippen LogP contribution in [0.25, 0.3) is 0 Å². The molecule has 0 aromatic rings. The number of hydrogen-bond acceptors (Lipinski definition) is 9. The molecule has 4 aliphatic carbocycles. The number of cyclic esters (lactones) is 1. The number of methoxy groups -OCH3 is 1. The van der Waals surface area contributed by atoms with Crippen LogP contribution in [0.4, 0.5) is 0 Å². The van der Waals surface area contributed by atoms with Crippen LogP contribution in [-0.2, 0) is 33.3 Å². The lowest BCUT2D eigenvalue weighted by molar-refractivity contribution is -0.313. The first-order valence-corrected chi connectivity index (χ1v) is 15.7. The number of hydrogen-bond donors (Lipinski definition) is 2. The lowest BCUT2D eigenvalue weighted by Gasteiger charge is -2.64. The van der Waals surface area contributed by atoms with Crippen molar-refractivity contribution in [1.82, 2.24) is 0 Å². The maximum absolute atomic E-state index is 12.7. The van der Waals surface area contributed by atoms with Crippen LogP contribution in [0.2, 0.25) is 0 Å². The van der Waals surface area contributed by atoms with Crippen molar-refractivity contribution < 1.29 is 43.5 Å². The molecule has 0 unspecified atom stereocenters. The summed E-state index contributed by atoms with van der Waals surface area (Å²) in [7, 11) is 1.49. The molecular formula is C32H48O9. The Labute approximate surface area is 243 Å². The number of carbonyl (C=O) groups is 2. The number of aliphatic hydroxyl groups is 2. The van der Waals surface area contributed by atoms with E-state index in [1.807, 2.05) is 0 Å². The molecule has 6 aliphatic rings. The van der Waals surface area contributed by atoms with Gasteiger partial charge in [-0.1, -0.05) is 13.8 Å². The molecule has 2 N–H and O–H groups in total. The maximum atomic E-state index is 12.7. The standard InChI is InChI=1S/C32H48O9/c1-17-26(35)28(37-5)27(36)29(39-17)40-21-8-11-30(3)20(15-21)6-7-24-23(30)9-12-31(4)22(19-14-25(34)38-16-19)10-13-32(24,31)41-18(2)33/h14,17,20-24,26-29,35-36H,6-13,15-16H2,1-5H3/t17-,20+,21-,22+,23-,24+,26-,27-,28+,29-,30-,31+,32-/m0/s1. The Balaban J connectivity index is 1.21. The Hall–Kier alpha value is -1.52. The second kappa shape index (κ2) is 10.6. The molecule has 6 rings (SSSR count). The van der Waals surface area contributed by atoms with E-state index in [2.05, 4.69) is 13.8 Å². The third-order valence-corrected chi connectivity index (χ3v) is 12.6. The number of rotatable bonds is 5. The zero-order valence-electron chi connectivity index (χ0n) is 25.2. The second-order valence-corrected chi connectivity index (χ2v) is 14.3. The van der Waals surface area contributed by atoms with Crippen molar-refractivity contribution in [3.05, 3.63) is 11.6 Å². The molecular weight excluding hydrogens is 528 g/mol. The summed E-state index contributed by atoms with van der Waals surface area (Å²) in [4.78, 5) is 24.6. The summed E-state index contributed by atoms with van der Waals surface area (Å²) in [5.74, 6) is 0.888. The fourth-order valence-electron chi connectivity index (χ4n) is 10.5.